The summed E-state index contributed by atoms with van der Waals surface area (Å²) in [6.07, 6.45) is -2.11. The van der Waals surface area contributed by atoms with Crippen molar-refractivity contribution in [3.05, 3.63) is 100 Å². The van der Waals surface area contributed by atoms with Crippen LogP contribution < -0.4 is 0 Å². The number of hydrogen-bond donors (Lipinski definition) is 3. The number of phenolic OH excluding ortho intramolecular Hbond substituents is 1. The summed E-state index contributed by atoms with van der Waals surface area (Å²) in [6.45, 7) is 8.74. The summed E-state index contributed by atoms with van der Waals surface area (Å²) in [5, 5.41) is 36.1. The molecule has 3 unspecified atom stereocenters. The average molecular weight is 693 g/mol. The van der Waals surface area contributed by atoms with E-state index in [1.54, 1.807) is 57.2 Å². The van der Waals surface area contributed by atoms with Crippen LogP contribution >= 0.6 is 0 Å². The second-order valence-electron chi connectivity index (χ2n) is 15.1. The number of aliphatic hydroxyl groups excluding tert-OH is 1. The normalized spacial score (nSPS) is 31.5. The van der Waals surface area contributed by atoms with Gasteiger partial charge in [-0.05, 0) is 24.3 Å². The summed E-state index contributed by atoms with van der Waals surface area (Å²) in [6, 6.07) is 17.7. The lowest BCUT2D eigenvalue weighted by Gasteiger charge is -2.65. The van der Waals surface area contributed by atoms with Crippen molar-refractivity contribution in [3.63, 3.8) is 0 Å². The third-order valence-electron chi connectivity index (χ3n) is 12.2. The second kappa shape index (κ2) is 12.1. The Morgan fingerprint density at radius 1 is 0.824 bits per heavy atom. The van der Waals surface area contributed by atoms with Crippen LogP contribution in [0.1, 0.15) is 95.2 Å². The third kappa shape index (κ3) is 4.72. The van der Waals surface area contributed by atoms with Gasteiger partial charge in [-0.25, -0.2) is 0 Å². The minimum atomic E-state index is -3.07. The molecule has 3 aromatic carbocycles. The summed E-state index contributed by atoms with van der Waals surface area (Å²) >= 11 is 0. The molecule has 0 radical (unpaired) electrons. The van der Waals surface area contributed by atoms with Crippen molar-refractivity contribution in [1.82, 2.24) is 0 Å². The monoisotopic (exact) mass is 692 g/mol. The van der Waals surface area contributed by atoms with Crippen LogP contribution in [0.2, 0.25) is 0 Å². The zero-order valence-corrected chi connectivity index (χ0v) is 29.2. The fourth-order valence-electron chi connectivity index (χ4n) is 9.38. The Morgan fingerprint density at radius 3 is 1.96 bits per heavy atom. The standard InChI is InChI=1S/C41H40O10/c1-19(2)30-34(46)28(21(4)42)36(48)41(51)37(49)31-35(47)29-26(20(3)39(31,5)38(50)40(30,41)6)17-16-25(33(29)45)18-27(43)22-12-14-24(15-13-22)32(44)23-10-8-7-9-11-23/h7-17,19-20,28,30-31,38,45,50-51H,18H2,1-6H3/t20-,28?,30?,31?,38-,39+,40+,41+/m1/s1. The maximum Gasteiger partial charge on any atom is 0.193 e. The largest absolute Gasteiger partial charge is 0.507 e. The van der Waals surface area contributed by atoms with Crippen molar-refractivity contribution in [1.29, 1.82) is 0 Å². The van der Waals surface area contributed by atoms with E-state index in [0.717, 1.165) is 6.92 Å². The summed E-state index contributed by atoms with van der Waals surface area (Å²) < 4.78 is 0. The fraction of sp³-hybridized carbons (Fsp3) is 0.390. The molecule has 0 saturated heterocycles. The smallest absolute Gasteiger partial charge is 0.193 e. The number of benzene rings is 3. The lowest BCUT2D eigenvalue weighted by Crippen LogP contribution is -2.81. The number of Topliss-reactive ketones (excluding diaryl/α,β-unsaturated/α-hetero) is 6. The molecule has 0 heterocycles. The van der Waals surface area contributed by atoms with Gasteiger partial charge in [0.2, 0.25) is 0 Å². The quantitative estimate of drug-likeness (QED) is 0.239. The number of phenols is 1. The number of aliphatic hydroxyl groups is 2. The Hall–Kier alpha value is -4.93. The first-order valence-electron chi connectivity index (χ1n) is 17.0. The van der Waals surface area contributed by atoms with Crippen LogP contribution in [-0.4, -0.2) is 67.5 Å². The molecule has 3 aliphatic rings. The van der Waals surface area contributed by atoms with E-state index in [1.807, 2.05) is 0 Å². The Balaban J connectivity index is 1.39. The van der Waals surface area contributed by atoms with Crippen molar-refractivity contribution < 1.29 is 48.9 Å². The maximum absolute atomic E-state index is 14.6. The van der Waals surface area contributed by atoms with Gasteiger partial charge in [0.1, 0.15) is 17.5 Å². The van der Waals surface area contributed by atoms with Gasteiger partial charge in [-0.2, -0.15) is 0 Å². The van der Waals surface area contributed by atoms with Crippen molar-refractivity contribution >= 4 is 40.5 Å². The lowest BCUT2D eigenvalue weighted by molar-refractivity contribution is -0.240. The minimum Gasteiger partial charge on any atom is -0.507 e. The molecule has 0 bridgehead atoms. The molecule has 3 N–H and O–H groups in total. The van der Waals surface area contributed by atoms with E-state index < -0.39 is 92.6 Å². The first-order chi connectivity index (χ1) is 23.9. The molecule has 6 rings (SSSR count). The lowest BCUT2D eigenvalue weighted by atomic mass is 9.37. The van der Waals surface area contributed by atoms with E-state index in [4.69, 9.17) is 0 Å². The van der Waals surface area contributed by atoms with Crippen LogP contribution in [0.25, 0.3) is 0 Å². The number of rotatable bonds is 7. The van der Waals surface area contributed by atoms with Crippen molar-refractivity contribution in [3.8, 4) is 5.75 Å². The molecule has 51 heavy (non-hydrogen) atoms. The van der Waals surface area contributed by atoms with Gasteiger partial charge in [0.25, 0.3) is 0 Å². The van der Waals surface area contributed by atoms with Crippen molar-refractivity contribution in [2.45, 2.75) is 65.6 Å². The molecule has 3 aliphatic carbocycles. The second-order valence-corrected chi connectivity index (χ2v) is 15.1. The number of fused-ring (bicyclic) bond motifs is 3. The predicted molar refractivity (Wildman–Crippen MR) is 183 cm³/mol. The molecule has 8 atom stereocenters. The first kappa shape index (κ1) is 35.9. The van der Waals surface area contributed by atoms with E-state index in [-0.39, 0.29) is 34.5 Å². The molecule has 0 spiro atoms. The van der Waals surface area contributed by atoms with Gasteiger partial charge in [-0.1, -0.05) is 101 Å². The van der Waals surface area contributed by atoms with Crippen molar-refractivity contribution in [2.24, 2.45) is 34.5 Å². The Morgan fingerprint density at radius 2 is 1.39 bits per heavy atom. The Labute approximate surface area is 294 Å². The van der Waals surface area contributed by atoms with E-state index >= 15 is 0 Å². The highest BCUT2D eigenvalue weighted by atomic mass is 16.3. The minimum absolute atomic E-state index is 0.0792. The third-order valence-corrected chi connectivity index (χ3v) is 12.2. The number of carbonyl (C=O) groups is 7. The molecular formula is C41H40O10. The molecule has 10 nitrogen and oxygen atoms in total. The van der Waals surface area contributed by atoms with E-state index in [9.17, 15) is 48.9 Å². The zero-order chi connectivity index (χ0) is 37.5. The highest BCUT2D eigenvalue weighted by Gasteiger charge is 2.80. The zero-order valence-electron chi connectivity index (χ0n) is 29.2. The van der Waals surface area contributed by atoms with Gasteiger partial charge in [0.15, 0.2) is 40.3 Å². The van der Waals surface area contributed by atoms with E-state index in [1.165, 1.54) is 44.2 Å². The van der Waals surface area contributed by atoms with Crippen LogP contribution in [0.5, 0.6) is 5.75 Å². The molecule has 0 aliphatic heterocycles. The molecule has 2 fully saturated rings. The number of hydrogen-bond acceptors (Lipinski definition) is 10. The highest BCUT2D eigenvalue weighted by Crippen LogP contribution is 2.66. The molecule has 2 saturated carbocycles. The topological polar surface area (TPSA) is 180 Å². The summed E-state index contributed by atoms with van der Waals surface area (Å²) in [5.74, 6) is -12.9. The molecule has 0 aromatic heterocycles. The first-order valence-corrected chi connectivity index (χ1v) is 17.0. The van der Waals surface area contributed by atoms with Crippen molar-refractivity contribution in [2.75, 3.05) is 0 Å². The van der Waals surface area contributed by atoms with Crippen LogP contribution in [-0.2, 0) is 25.6 Å². The van der Waals surface area contributed by atoms with Gasteiger partial charge in [-0.15, -0.1) is 0 Å². The van der Waals surface area contributed by atoms with Gasteiger partial charge in [-0.3, -0.25) is 33.6 Å². The predicted octanol–water partition coefficient (Wildman–Crippen LogP) is 4.28. The highest BCUT2D eigenvalue weighted by molar-refractivity contribution is 6.33. The molecular weight excluding hydrogens is 652 g/mol. The Bertz CT molecular complexity index is 2050. The molecule has 0 amide bonds. The van der Waals surface area contributed by atoms with Crippen LogP contribution in [0.3, 0.4) is 0 Å². The molecule has 10 heteroatoms. The van der Waals surface area contributed by atoms with Gasteiger partial charge in [0, 0.05) is 45.4 Å². The Kier molecular flexibility index (Phi) is 8.51. The SMILES string of the molecule is CC(=O)C1C(=O)C(C(C)C)[C@@]2(C)[C@H](O)[C@]3(C)C(C(=O)c4c(ccc(CC(=O)c5ccc(C(=O)c6ccccc6)cc5)c4O)[C@H]3C)C(=O)[C@@]2(O)C1=O. The summed E-state index contributed by atoms with van der Waals surface area (Å²) in [7, 11) is 0. The number of ketones is 7. The van der Waals surface area contributed by atoms with Crippen LogP contribution in [0.15, 0.2) is 66.7 Å². The fourth-order valence-corrected chi connectivity index (χ4v) is 9.38. The van der Waals surface area contributed by atoms with Gasteiger partial charge in [0.05, 0.1) is 17.6 Å². The van der Waals surface area contributed by atoms with Gasteiger partial charge < -0.3 is 15.3 Å². The van der Waals surface area contributed by atoms with E-state index in [0.29, 0.717) is 11.1 Å². The number of carbonyl (C=O) groups excluding carboxylic acids is 7. The molecule has 264 valence electrons. The van der Waals surface area contributed by atoms with Crippen LogP contribution in [0.4, 0.5) is 0 Å². The van der Waals surface area contributed by atoms with Gasteiger partial charge >= 0.3 is 0 Å². The van der Waals surface area contributed by atoms with Crippen LogP contribution in [0, 0.1) is 34.5 Å². The summed E-state index contributed by atoms with van der Waals surface area (Å²) in [5.41, 5.74) is -5.60. The van der Waals surface area contributed by atoms with E-state index in [2.05, 4.69) is 0 Å². The average Bonchev–Trinajstić information content (AvgIpc) is 3.09. The summed E-state index contributed by atoms with van der Waals surface area (Å²) in [4.78, 5) is 95.6. The number of aromatic hydroxyl groups is 1. The maximum atomic E-state index is 14.6. The molecule has 3 aromatic rings.